The minimum atomic E-state index is -0.401. The smallest absolute Gasteiger partial charge is 0.274 e. The van der Waals surface area contributed by atoms with E-state index in [0.29, 0.717) is 18.1 Å². The summed E-state index contributed by atoms with van der Waals surface area (Å²) in [5, 5.41) is 14.2. The highest BCUT2D eigenvalue weighted by Gasteiger charge is 2.13. The van der Waals surface area contributed by atoms with E-state index in [4.69, 9.17) is 0 Å². The molecular formula is C17H19FN4O2. The molecule has 0 aliphatic heterocycles. The molecule has 1 N–H and O–H groups in total. The first-order valence-corrected chi connectivity index (χ1v) is 7.39. The number of halogens is 1. The molecule has 0 saturated heterocycles. The zero-order valence-corrected chi connectivity index (χ0v) is 13.6. The zero-order chi connectivity index (χ0) is 17.5. The van der Waals surface area contributed by atoms with Crippen LogP contribution in [0.2, 0.25) is 0 Å². The summed E-state index contributed by atoms with van der Waals surface area (Å²) in [5.74, 6) is 0.317. The molecule has 0 heterocycles. The third-order valence-electron chi connectivity index (χ3n) is 3.53. The van der Waals surface area contributed by atoms with Crippen molar-refractivity contribution in [2.75, 3.05) is 14.1 Å². The zero-order valence-electron chi connectivity index (χ0n) is 13.6. The van der Waals surface area contributed by atoms with Gasteiger partial charge in [0.2, 0.25) is 0 Å². The SMILES string of the molecule is CN=C(NCc1ccccc1[N+](=O)[O-])N(C)Cc1ccc(F)cc1. The minimum absolute atomic E-state index is 0.0710. The molecule has 0 bridgehead atoms. The van der Waals surface area contributed by atoms with E-state index in [1.165, 1.54) is 18.2 Å². The van der Waals surface area contributed by atoms with E-state index in [-0.39, 0.29) is 18.0 Å². The Morgan fingerprint density at radius 3 is 2.54 bits per heavy atom. The number of nitro groups is 1. The topological polar surface area (TPSA) is 70.8 Å². The van der Waals surface area contributed by atoms with Crippen LogP contribution < -0.4 is 5.32 Å². The predicted molar refractivity (Wildman–Crippen MR) is 91.2 cm³/mol. The predicted octanol–water partition coefficient (Wildman–Crippen LogP) is 2.94. The molecule has 0 fully saturated rings. The highest BCUT2D eigenvalue weighted by molar-refractivity contribution is 5.79. The molecule has 24 heavy (non-hydrogen) atoms. The number of nitrogens with zero attached hydrogens (tertiary/aromatic N) is 3. The molecule has 2 rings (SSSR count). The first-order valence-electron chi connectivity index (χ1n) is 7.39. The average Bonchev–Trinajstić information content (AvgIpc) is 2.57. The summed E-state index contributed by atoms with van der Waals surface area (Å²) in [4.78, 5) is 16.7. The summed E-state index contributed by atoms with van der Waals surface area (Å²) in [7, 11) is 3.49. The Kier molecular flexibility index (Phi) is 5.83. The lowest BCUT2D eigenvalue weighted by Gasteiger charge is -2.22. The Morgan fingerprint density at radius 1 is 1.25 bits per heavy atom. The second kappa shape index (κ2) is 8.05. The molecule has 0 aliphatic rings. The van der Waals surface area contributed by atoms with Crippen molar-refractivity contribution in [3.8, 4) is 0 Å². The summed E-state index contributed by atoms with van der Waals surface area (Å²) in [6.45, 7) is 0.828. The van der Waals surface area contributed by atoms with E-state index >= 15 is 0 Å². The Hall–Kier alpha value is -2.96. The van der Waals surface area contributed by atoms with Gasteiger partial charge in [0.1, 0.15) is 5.82 Å². The van der Waals surface area contributed by atoms with Gasteiger partial charge in [-0.15, -0.1) is 0 Å². The van der Waals surface area contributed by atoms with E-state index in [9.17, 15) is 14.5 Å². The van der Waals surface area contributed by atoms with Gasteiger partial charge < -0.3 is 10.2 Å². The van der Waals surface area contributed by atoms with Crippen LogP contribution in [0.5, 0.6) is 0 Å². The van der Waals surface area contributed by atoms with Gasteiger partial charge in [-0.05, 0) is 17.7 Å². The maximum Gasteiger partial charge on any atom is 0.274 e. The molecule has 0 aromatic heterocycles. The first kappa shape index (κ1) is 17.4. The van der Waals surface area contributed by atoms with E-state index < -0.39 is 4.92 Å². The van der Waals surface area contributed by atoms with Crippen LogP contribution in [-0.2, 0) is 13.1 Å². The van der Waals surface area contributed by atoms with Crippen molar-refractivity contribution in [3.63, 3.8) is 0 Å². The largest absolute Gasteiger partial charge is 0.352 e. The summed E-state index contributed by atoms with van der Waals surface area (Å²) in [6.07, 6.45) is 0. The lowest BCUT2D eigenvalue weighted by Crippen LogP contribution is -2.38. The molecule has 0 aliphatic carbocycles. The molecule has 2 aromatic carbocycles. The maximum atomic E-state index is 13.0. The van der Waals surface area contributed by atoms with Gasteiger partial charge in [0.15, 0.2) is 5.96 Å². The van der Waals surface area contributed by atoms with E-state index in [1.807, 2.05) is 11.9 Å². The average molecular weight is 330 g/mol. The van der Waals surface area contributed by atoms with Crippen molar-refractivity contribution in [1.29, 1.82) is 0 Å². The summed E-state index contributed by atoms with van der Waals surface area (Å²) < 4.78 is 13.0. The van der Waals surface area contributed by atoms with Crippen molar-refractivity contribution < 1.29 is 9.31 Å². The van der Waals surface area contributed by atoms with Gasteiger partial charge in [-0.2, -0.15) is 0 Å². The van der Waals surface area contributed by atoms with E-state index in [0.717, 1.165) is 5.56 Å². The summed E-state index contributed by atoms with van der Waals surface area (Å²) in [6, 6.07) is 12.8. The number of nitrogens with one attached hydrogen (secondary N) is 1. The van der Waals surface area contributed by atoms with Gasteiger partial charge in [0.25, 0.3) is 5.69 Å². The van der Waals surface area contributed by atoms with Crippen LogP contribution in [0.15, 0.2) is 53.5 Å². The molecule has 0 spiro atoms. The van der Waals surface area contributed by atoms with Gasteiger partial charge in [-0.3, -0.25) is 15.1 Å². The number of nitro benzene ring substituents is 1. The van der Waals surface area contributed by atoms with Crippen LogP contribution in [0.3, 0.4) is 0 Å². The fourth-order valence-corrected chi connectivity index (χ4v) is 2.34. The summed E-state index contributed by atoms with van der Waals surface area (Å²) in [5.41, 5.74) is 1.59. The van der Waals surface area contributed by atoms with Crippen LogP contribution in [-0.4, -0.2) is 29.9 Å². The number of benzene rings is 2. The highest BCUT2D eigenvalue weighted by Crippen LogP contribution is 2.17. The van der Waals surface area contributed by atoms with Crippen molar-refractivity contribution in [2.45, 2.75) is 13.1 Å². The Morgan fingerprint density at radius 2 is 1.92 bits per heavy atom. The molecular weight excluding hydrogens is 311 g/mol. The molecule has 0 saturated carbocycles. The molecule has 0 atom stereocenters. The Bertz CT molecular complexity index is 732. The number of para-hydroxylation sites is 1. The third-order valence-corrected chi connectivity index (χ3v) is 3.53. The van der Waals surface area contributed by atoms with Crippen molar-refractivity contribution >= 4 is 11.6 Å². The van der Waals surface area contributed by atoms with E-state index in [1.54, 1.807) is 37.4 Å². The second-order valence-corrected chi connectivity index (χ2v) is 5.27. The second-order valence-electron chi connectivity index (χ2n) is 5.27. The monoisotopic (exact) mass is 330 g/mol. The quantitative estimate of drug-likeness (QED) is 0.396. The molecule has 6 nitrogen and oxygen atoms in total. The molecule has 0 unspecified atom stereocenters. The third kappa shape index (κ3) is 4.52. The van der Waals surface area contributed by atoms with Crippen LogP contribution >= 0.6 is 0 Å². The number of hydrogen-bond donors (Lipinski definition) is 1. The van der Waals surface area contributed by atoms with Gasteiger partial charge in [0.05, 0.1) is 4.92 Å². The molecule has 0 radical (unpaired) electrons. The number of rotatable bonds is 5. The van der Waals surface area contributed by atoms with Crippen LogP contribution in [0, 0.1) is 15.9 Å². The lowest BCUT2D eigenvalue weighted by molar-refractivity contribution is -0.385. The molecule has 2 aromatic rings. The Balaban J connectivity index is 2.02. The van der Waals surface area contributed by atoms with Crippen LogP contribution in [0.1, 0.15) is 11.1 Å². The van der Waals surface area contributed by atoms with Crippen molar-refractivity contribution in [2.24, 2.45) is 4.99 Å². The van der Waals surface area contributed by atoms with Gasteiger partial charge >= 0.3 is 0 Å². The lowest BCUT2D eigenvalue weighted by atomic mass is 10.2. The minimum Gasteiger partial charge on any atom is -0.352 e. The van der Waals surface area contributed by atoms with Gasteiger partial charge in [0, 0.05) is 38.8 Å². The molecule has 126 valence electrons. The summed E-state index contributed by atoms with van der Waals surface area (Å²) >= 11 is 0. The first-order chi connectivity index (χ1) is 11.5. The van der Waals surface area contributed by atoms with Crippen molar-refractivity contribution in [3.05, 3.63) is 75.6 Å². The van der Waals surface area contributed by atoms with Gasteiger partial charge in [-0.25, -0.2) is 4.39 Å². The molecule has 0 amide bonds. The number of guanidine groups is 1. The number of aliphatic imine (C=N–C) groups is 1. The fourth-order valence-electron chi connectivity index (χ4n) is 2.34. The van der Waals surface area contributed by atoms with Crippen molar-refractivity contribution in [1.82, 2.24) is 10.2 Å². The fraction of sp³-hybridized carbons (Fsp3) is 0.235. The highest BCUT2D eigenvalue weighted by atomic mass is 19.1. The maximum absolute atomic E-state index is 13.0. The normalized spacial score (nSPS) is 11.2. The van der Waals surface area contributed by atoms with E-state index in [2.05, 4.69) is 10.3 Å². The standard InChI is InChI=1S/C17H19FN4O2/c1-19-17(21(2)12-13-7-9-15(18)10-8-13)20-11-14-5-3-4-6-16(14)22(23)24/h3-10H,11-12H2,1-2H3,(H,19,20). The molecule has 7 heteroatoms. The van der Waals surface area contributed by atoms with Gasteiger partial charge in [-0.1, -0.05) is 30.3 Å². The van der Waals surface area contributed by atoms with Crippen LogP contribution in [0.25, 0.3) is 0 Å². The van der Waals surface area contributed by atoms with Crippen LogP contribution in [0.4, 0.5) is 10.1 Å². The Labute approximate surface area is 139 Å². The number of hydrogen-bond acceptors (Lipinski definition) is 3.